The lowest BCUT2D eigenvalue weighted by Crippen LogP contribution is -2.30. The first-order valence-corrected chi connectivity index (χ1v) is 10.8. The Morgan fingerprint density at radius 1 is 0.478 bits per heavy atom. The Morgan fingerprint density at radius 2 is 0.696 bits per heavy atom. The summed E-state index contributed by atoms with van der Waals surface area (Å²) in [5, 5.41) is 10.4. The fourth-order valence-corrected chi connectivity index (χ4v) is 4.11. The molecule has 0 radical (unpaired) electrons. The van der Waals surface area contributed by atoms with Gasteiger partial charge in [0.15, 0.2) is 0 Å². The molecule has 138 valence electrons. The summed E-state index contributed by atoms with van der Waals surface area (Å²) in [6.07, 6.45) is 25.1. The van der Waals surface area contributed by atoms with Crippen molar-refractivity contribution in [1.29, 1.82) is 0 Å². The maximum absolute atomic E-state index is 10.4. The second-order valence-electron chi connectivity index (χ2n) is 8.58. The Kier molecular flexibility index (Phi) is 12.1. The molecule has 0 bridgehead atoms. The fourth-order valence-electron chi connectivity index (χ4n) is 4.11. The summed E-state index contributed by atoms with van der Waals surface area (Å²) in [6.45, 7) is 4.04. The molecule has 1 N–H and O–H groups in total. The zero-order valence-electron chi connectivity index (χ0n) is 16.3. The van der Waals surface area contributed by atoms with Crippen molar-refractivity contribution in [2.45, 2.75) is 135 Å². The minimum Gasteiger partial charge on any atom is -0.390 e. The lowest BCUT2D eigenvalue weighted by atomic mass is 9.82. The minimum atomic E-state index is -0.487. The van der Waals surface area contributed by atoms with Gasteiger partial charge >= 0.3 is 0 Å². The van der Waals surface area contributed by atoms with E-state index in [0.717, 1.165) is 0 Å². The van der Waals surface area contributed by atoms with E-state index in [4.69, 9.17) is 0 Å². The van der Waals surface area contributed by atoms with Crippen LogP contribution in [0.15, 0.2) is 0 Å². The van der Waals surface area contributed by atoms with Crippen LogP contribution in [0.2, 0.25) is 0 Å². The number of aliphatic hydroxyl groups is 1. The molecule has 0 atom stereocenters. The zero-order valence-corrected chi connectivity index (χ0v) is 16.3. The van der Waals surface area contributed by atoms with Gasteiger partial charge in [-0.3, -0.25) is 0 Å². The molecule has 0 aromatic rings. The average Bonchev–Trinajstić information content (AvgIpc) is 2.49. The van der Waals surface area contributed by atoms with Gasteiger partial charge in [0.1, 0.15) is 0 Å². The predicted molar refractivity (Wildman–Crippen MR) is 103 cm³/mol. The normalized spacial score (nSPS) is 23.6. The van der Waals surface area contributed by atoms with Gasteiger partial charge in [0.05, 0.1) is 5.60 Å². The summed E-state index contributed by atoms with van der Waals surface area (Å²) in [5.41, 5.74) is -0.487. The van der Waals surface area contributed by atoms with Crippen LogP contribution in [0, 0.1) is 5.92 Å². The van der Waals surface area contributed by atoms with E-state index in [0.29, 0.717) is 5.92 Å². The van der Waals surface area contributed by atoms with Crippen LogP contribution in [0.25, 0.3) is 0 Å². The summed E-state index contributed by atoms with van der Waals surface area (Å²) in [6, 6.07) is 0. The van der Waals surface area contributed by atoms with Crippen molar-refractivity contribution >= 4 is 0 Å². The van der Waals surface area contributed by atoms with Crippen molar-refractivity contribution < 1.29 is 5.11 Å². The number of rotatable bonds is 1. The lowest BCUT2D eigenvalue weighted by molar-refractivity contribution is 0.00715. The van der Waals surface area contributed by atoms with Crippen molar-refractivity contribution in [3.63, 3.8) is 0 Å². The third-order valence-corrected chi connectivity index (χ3v) is 5.85. The first-order valence-electron chi connectivity index (χ1n) is 10.8. The fraction of sp³-hybridized carbons (Fsp3) is 1.00. The van der Waals surface area contributed by atoms with Gasteiger partial charge in [-0.15, -0.1) is 0 Å². The third-order valence-electron chi connectivity index (χ3n) is 5.85. The van der Waals surface area contributed by atoms with Crippen LogP contribution >= 0.6 is 0 Å². The summed E-state index contributed by atoms with van der Waals surface area (Å²) in [5.74, 6) is 0.504. The second-order valence-corrected chi connectivity index (χ2v) is 8.58. The minimum absolute atomic E-state index is 0.487. The van der Waals surface area contributed by atoms with Crippen molar-refractivity contribution in [1.82, 2.24) is 0 Å². The van der Waals surface area contributed by atoms with E-state index in [2.05, 4.69) is 0 Å². The standard InChI is InChI=1S/C22H44O/c1-22(2,23)21-19-17-15-13-11-9-7-5-3-4-6-8-10-12-14-16-18-20-21/h21,23H,3-20H2,1-2H3. The van der Waals surface area contributed by atoms with Crippen LogP contribution in [-0.4, -0.2) is 10.7 Å². The SMILES string of the molecule is CC(C)(O)C1CCCCCCCCCCCCCCCCCC1. The monoisotopic (exact) mass is 324 g/mol. The summed E-state index contributed by atoms with van der Waals surface area (Å²) in [7, 11) is 0. The Labute approximate surface area is 146 Å². The van der Waals surface area contributed by atoms with E-state index in [1.54, 1.807) is 0 Å². The van der Waals surface area contributed by atoms with Crippen molar-refractivity contribution in [3.8, 4) is 0 Å². The Morgan fingerprint density at radius 3 is 0.913 bits per heavy atom. The highest BCUT2D eigenvalue weighted by Gasteiger charge is 2.25. The lowest BCUT2D eigenvalue weighted by Gasteiger charge is -2.29. The van der Waals surface area contributed by atoms with Gasteiger partial charge in [0.25, 0.3) is 0 Å². The highest BCUT2D eigenvalue weighted by Crippen LogP contribution is 2.28. The van der Waals surface area contributed by atoms with Crippen LogP contribution in [-0.2, 0) is 0 Å². The molecule has 0 aliphatic heterocycles. The largest absolute Gasteiger partial charge is 0.390 e. The van der Waals surface area contributed by atoms with Crippen LogP contribution < -0.4 is 0 Å². The van der Waals surface area contributed by atoms with Gasteiger partial charge in [0, 0.05) is 0 Å². The molecule has 0 unspecified atom stereocenters. The molecule has 1 saturated carbocycles. The molecule has 0 amide bonds. The van der Waals surface area contributed by atoms with Gasteiger partial charge in [-0.05, 0) is 32.6 Å². The van der Waals surface area contributed by atoms with Crippen molar-refractivity contribution in [2.75, 3.05) is 0 Å². The summed E-state index contributed by atoms with van der Waals surface area (Å²) >= 11 is 0. The third kappa shape index (κ3) is 12.0. The molecule has 1 fully saturated rings. The van der Waals surface area contributed by atoms with E-state index >= 15 is 0 Å². The Balaban J connectivity index is 2.29. The molecule has 1 rings (SSSR count). The van der Waals surface area contributed by atoms with E-state index in [9.17, 15) is 5.11 Å². The molecule has 1 aliphatic carbocycles. The van der Waals surface area contributed by atoms with Gasteiger partial charge in [-0.2, -0.15) is 0 Å². The topological polar surface area (TPSA) is 20.2 Å². The Hall–Kier alpha value is -0.0400. The zero-order chi connectivity index (χ0) is 16.8. The molecular weight excluding hydrogens is 280 g/mol. The quantitative estimate of drug-likeness (QED) is 0.532. The van der Waals surface area contributed by atoms with E-state index < -0.39 is 5.60 Å². The average molecular weight is 325 g/mol. The summed E-state index contributed by atoms with van der Waals surface area (Å²) in [4.78, 5) is 0. The van der Waals surface area contributed by atoms with Crippen LogP contribution in [0.4, 0.5) is 0 Å². The smallest absolute Gasteiger partial charge is 0.0619 e. The molecule has 0 saturated heterocycles. The molecule has 0 heterocycles. The van der Waals surface area contributed by atoms with Gasteiger partial charge < -0.3 is 5.11 Å². The molecule has 0 spiro atoms. The second kappa shape index (κ2) is 13.3. The molecule has 0 aromatic heterocycles. The predicted octanol–water partition coefficient (Wildman–Crippen LogP) is 7.41. The van der Waals surface area contributed by atoms with Crippen LogP contribution in [0.5, 0.6) is 0 Å². The van der Waals surface area contributed by atoms with Crippen molar-refractivity contribution in [2.24, 2.45) is 5.92 Å². The van der Waals surface area contributed by atoms with Crippen molar-refractivity contribution in [3.05, 3.63) is 0 Å². The molecule has 1 heteroatoms. The van der Waals surface area contributed by atoms with Gasteiger partial charge in [-0.25, -0.2) is 0 Å². The van der Waals surface area contributed by atoms with Gasteiger partial charge in [-0.1, -0.05) is 103 Å². The first kappa shape index (κ1) is 21.0. The molecule has 0 aromatic carbocycles. The first-order chi connectivity index (χ1) is 11.1. The van der Waals surface area contributed by atoms with E-state index in [1.165, 1.54) is 116 Å². The van der Waals surface area contributed by atoms with E-state index in [1.807, 2.05) is 13.8 Å². The number of hydrogen-bond donors (Lipinski definition) is 1. The van der Waals surface area contributed by atoms with Crippen LogP contribution in [0.3, 0.4) is 0 Å². The molecule has 1 nitrogen and oxygen atoms in total. The summed E-state index contributed by atoms with van der Waals surface area (Å²) < 4.78 is 0. The number of hydrogen-bond acceptors (Lipinski definition) is 1. The Bertz CT molecular complexity index is 233. The molecule has 23 heavy (non-hydrogen) atoms. The highest BCUT2D eigenvalue weighted by molar-refractivity contribution is 4.77. The molecular formula is C22H44O. The van der Waals surface area contributed by atoms with Gasteiger partial charge in [0.2, 0.25) is 0 Å². The highest BCUT2D eigenvalue weighted by atomic mass is 16.3. The maximum atomic E-state index is 10.4. The van der Waals surface area contributed by atoms with Crippen LogP contribution in [0.1, 0.15) is 129 Å². The molecule has 1 aliphatic rings. The van der Waals surface area contributed by atoms with E-state index in [-0.39, 0.29) is 0 Å². The maximum Gasteiger partial charge on any atom is 0.0619 e.